The molecule has 3 heterocycles. The van der Waals surface area contributed by atoms with Crippen molar-refractivity contribution in [1.82, 2.24) is 14.5 Å². The Morgan fingerprint density at radius 2 is 1.67 bits per heavy atom. The predicted molar refractivity (Wildman–Crippen MR) is 133 cm³/mol. The summed E-state index contributed by atoms with van der Waals surface area (Å²) >= 11 is 6.64. The summed E-state index contributed by atoms with van der Waals surface area (Å²) in [5, 5.41) is 11.2. The number of aromatic carboxylic acids is 1. The number of anilines is 1. The molecule has 7 heteroatoms. The minimum absolute atomic E-state index is 0.236. The van der Waals surface area contributed by atoms with E-state index in [1.165, 1.54) is 5.69 Å². The van der Waals surface area contributed by atoms with Gasteiger partial charge in [0.05, 0.1) is 16.3 Å². The fourth-order valence-electron chi connectivity index (χ4n) is 4.69. The molecule has 33 heavy (non-hydrogen) atoms. The van der Waals surface area contributed by atoms with Gasteiger partial charge in [-0.05, 0) is 42.4 Å². The van der Waals surface area contributed by atoms with E-state index >= 15 is 0 Å². The summed E-state index contributed by atoms with van der Waals surface area (Å²) in [5.41, 5.74) is 5.44. The topological polar surface area (TPSA) is 61.6 Å². The molecule has 0 atom stereocenters. The molecule has 1 aliphatic rings. The van der Waals surface area contributed by atoms with Gasteiger partial charge in [-0.3, -0.25) is 0 Å². The molecule has 0 aliphatic carbocycles. The summed E-state index contributed by atoms with van der Waals surface area (Å²) in [7, 11) is 4.10. The number of pyridine rings is 1. The highest BCUT2D eigenvalue weighted by molar-refractivity contribution is 6.37. The predicted octanol–water partition coefficient (Wildman–Crippen LogP) is 5.01. The number of likely N-dealkylation sites (N-methyl/N-ethyl adjacent to an activating group) is 1. The molecule has 0 radical (unpaired) electrons. The number of halogens is 1. The van der Waals surface area contributed by atoms with Crippen molar-refractivity contribution in [3.63, 3.8) is 0 Å². The number of hydrogen-bond acceptors (Lipinski definition) is 4. The van der Waals surface area contributed by atoms with Gasteiger partial charge in [-0.2, -0.15) is 0 Å². The molecule has 2 aromatic carbocycles. The molecule has 1 aliphatic heterocycles. The quantitative estimate of drug-likeness (QED) is 0.464. The van der Waals surface area contributed by atoms with E-state index in [-0.39, 0.29) is 5.56 Å². The number of aromatic nitrogens is 2. The first-order valence-corrected chi connectivity index (χ1v) is 11.3. The van der Waals surface area contributed by atoms with E-state index in [1.54, 1.807) is 24.4 Å². The molecule has 0 unspecified atom stereocenters. The average molecular weight is 461 g/mol. The summed E-state index contributed by atoms with van der Waals surface area (Å²) in [4.78, 5) is 21.3. The molecule has 6 nitrogen and oxygen atoms in total. The highest BCUT2D eigenvalue weighted by Gasteiger charge is 2.24. The van der Waals surface area contributed by atoms with Crippen molar-refractivity contribution >= 4 is 34.3 Å². The first kappa shape index (κ1) is 21.5. The molecule has 2 aromatic heterocycles. The third-order valence-electron chi connectivity index (χ3n) is 6.46. The molecule has 4 aromatic rings. The van der Waals surface area contributed by atoms with Crippen LogP contribution in [0.5, 0.6) is 0 Å². The number of benzene rings is 2. The van der Waals surface area contributed by atoms with Gasteiger partial charge in [-0.25, -0.2) is 9.78 Å². The monoisotopic (exact) mass is 460 g/mol. The van der Waals surface area contributed by atoms with Gasteiger partial charge >= 0.3 is 5.97 Å². The van der Waals surface area contributed by atoms with Crippen LogP contribution in [0.3, 0.4) is 0 Å². The first-order chi connectivity index (χ1) is 16.0. The SMILES string of the molecule is CN1CCN(c2ccc(-c3c(-c4ccccc4C(=O)O)c4c(Cl)ccnc4n3C)cc2)CC1. The fraction of sp³-hybridized carbons (Fsp3) is 0.231. The Balaban J connectivity index is 1.70. The Labute approximate surface area is 197 Å². The van der Waals surface area contributed by atoms with Crippen molar-refractivity contribution in [3.05, 3.63) is 71.4 Å². The smallest absolute Gasteiger partial charge is 0.336 e. The lowest BCUT2D eigenvalue weighted by molar-refractivity contribution is 0.0697. The van der Waals surface area contributed by atoms with Gasteiger partial charge < -0.3 is 19.5 Å². The molecule has 0 amide bonds. The molecule has 0 saturated carbocycles. The van der Waals surface area contributed by atoms with Gasteiger partial charge in [0.25, 0.3) is 0 Å². The average Bonchev–Trinajstić information content (AvgIpc) is 3.13. The Kier molecular flexibility index (Phi) is 5.56. The maximum atomic E-state index is 12.0. The first-order valence-electron chi connectivity index (χ1n) is 10.9. The van der Waals surface area contributed by atoms with Crippen LogP contribution >= 0.6 is 11.6 Å². The molecular weight excluding hydrogens is 436 g/mol. The van der Waals surface area contributed by atoms with Crippen LogP contribution < -0.4 is 4.90 Å². The lowest BCUT2D eigenvalue weighted by Gasteiger charge is -2.34. The minimum atomic E-state index is -0.973. The van der Waals surface area contributed by atoms with Gasteiger partial charge in [0.2, 0.25) is 0 Å². The van der Waals surface area contributed by atoms with E-state index in [0.717, 1.165) is 54.0 Å². The van der Waals surface area contributed by atoms with E-state index in [1.807, 2.05) is 23.7 Å². The number of piperazine rings is 1. The third-order valence-corrected chi connectivity index (χ3v) is 6.77. The number of carbonyl (C=O) groups is 1. The summed E-state index contributed by atoms with van der Waals surface area (Å²) < 4.78 is 2.00. The molecular formula is C26H25ClN4O2. The van der Waals surface area contributed by atoms with Crippen LogP contribution in [0.2, 0.25) is 5.02 Å². The van der Waals surface area contributed by atoms with Crippen molar-refractivity contribution in [3.8, 4) is 22.4 Å². The van der Waals surface area contributed by atoms with Crippen molar-refractivity contribution in [2.75, 3.05) is 38.1 Å². The van der Waals surface area contributed by atoms with Crippen LogP contribution in [-0.2, 0) is 7.05 Å². The van der Waals surface area contributed by atoms with Gasteiger partial charge in [-0.1, -0.05) is 41.9 Å². The third kappa shape index (κ3) is 3.75. The van der Waals surface area contributed by atoms with Gasteiger partial charge in [0.15, 0.2) is 0 Å². The zero-order valence-corrected chi connectivity index (χ0v) is 19.4. The van der Waals surface area contributed by atoms with Crippen LogP contribution in [-0.4, -0.2) is 58.8 Å². The lowest BCUT2D eigenvalue weighted by Crippen LogP contribution is -2.44. The second kappa shape index (κ2) is 8.54. The molecule has 168 valence electrons. The molecule has 0 bridgehead atoms. The van der Waals surface area contributed by atoms with Gasteiger partial charge in [-0.15, -0.1) is 0 Å². The number of carboxylic acid groups (broad SMARTS) is 1. The summed E-state index contributed by atoms with van der Waals surface area (Å²) in [5.74, 6) is -0.973. The number of aryl methyl sites for hydroxylation is 1. The fourth-order valence-corrected chi connectivity index (χ4v) is 4.92. The summed E-state index contributed by atoms with van der Waals surface area (Å²) in [6.07, 6.45) is 1.68. The summed E-state index contributed by atoms with van der Waals surface area (Å²) in [6.45, 7) is 4.10. The van der Waals surface area contributed by atoms with E-state index in [9.17, 15) is 9.90 Å². The van der Waals surface area contributed by atoms with Crippen LogP contribution in [0.4, 0.5) is 5.69 Å². The minimum Gasteiger partial charge on any atom is -0.478 e. The Morgan fingerprint density at radius 1 is 0.970 bits per heavy atom. The maximum absolute atomic E-state index is 12.0. The zero-order valence-electron chi connectivity index (χ0n) is 18.6. The summed E-state index contributed by atoms with van der Waals surface area (Å²) in [6, 6.07) is 17.3. The number of carboxylic acids is 1. The van der Waals surface area contributed by atoms with Crippen molar-refractivity contribution < 1.29 is 9.90 Å². The highest BCUT2D eigenvalue weighted by Crippen LogP contribution is 2.43. The molecule has 1 N–H and O–H groups in total. The Bertz CT molecular complexity index is 1340. The molecule has 0 spiro atoms. The van der Waals surface area contributed by atoms with Crippen molar-refractivity contribution in [2.45, 2.75) is 0 Å². The zero-order chi connectivity index (χ0) is 23.1. The number of fused-ring (bicyclic) bond motifs is 1. The van der Waals surface area contributed by atoms with Crippen LogP contribution in [0.25, 0.3) is 33.4 Å². The van der Waals surface area contributed by atoms with Gasteiger partial charge in [0.1, 0.15) is 5.65 Å². The van der Waals surface area contributed by atoms with Crippen LogP contribution in [0.15, 0.2) is 60.8 Å². The molecule has 1 fully saturated rings. The Hall–Kier alpha value is -3.35. The van der Waals surface area contributed by atoms with Gasteiger partial charge in [0, 0.05) is 56.1 Å². The maximum Gasteiger partial charge on any atom is 0.336 e. The van der Waals surface area contributed by atoms with E-state index in [4.69, 9.17) is 11.6 Å². The number of rotatable bonds is 4. The standard InChI is InChI=1S/C26H25ClN4O2/c1-29-13-15-31(16-14-29)18-9-7-17(8-10-18)24-22(19-5-3-4-6-20(19)26(32)33)23-21(27)11-12-28-25(23)30(24)2/h3-12H,13-16H2,1-2H3,(H,32,33). The number of hydrogen-bond donors (Lipinski definition) is 1. The van der Waals surface area contributed by atoms with Crippen LogP contribution in [0, 0.1) is 0 Å². The van der Waals surface area contributed by atoms with E-state index < -0.39 is 5.97 Å². The number of nitrogens with zero attached hydrogens (tertiary/aromatic N) is 4. The molecule has 5 rings (SSSR count). The van der Waals surface area contributed by atoms with E-state index in [2.05, 4.69) is 46.1 Å². The molecule has 1 saturated heterocycles. The van der Waals surface area contributed by atoms with E-state index in [0.29, 0.717) is 10.6 Å². The van der Waals surface area contributed by atoms with Crippen molar-refractivity contribution in [2.24, 2.45) is 7.05 Å². The highest BCUT2D eigenvalue weighted by atomic mass is 35.5. The largest absolute Gasteiger partial charge is 0.478 e. The lowest BCUT2D eigenvalue weighted by atomic mass is 9.94. The Morgan fingerprint density at radius 3 is 2.36 bits per heavy atom. The second-order valence-corrected chi connectivity index (χ2v) is 8.87. The normalized spacial score (nSPS) is 14.7. The van der Waals surface area contributed by atoms with Crippen molar-refractivity contribution in [1.29, 1.82) is 0 Å². The van der Waals surface area contributed by atoms with Crippen LogP contribution in [0.1, 0.15) is 10.4 Å². The second-order valence-electron chi connectivity index (χ2n) is 8.46.